The maximum Gasteiger partial charge on any atom is 0.226 e. The van der Waals surface area contributed by atoms with Gasteiger partial charge in [0, 0.05) is 16.5 Å². The lowest BCUT2D eigenvalue weighted by Gasteiger charge is -1.95. The summed E-state index contributed by atoms with van der Waals surface area (Å²) in [5.41, 5.74) is 1.55. The number of aromatic nitrogens is 1. The first-order valence-electron chi connectivity index (χ1n) is 5.64. The van der Waals surface area contributed by atoms with Crippen LogP contribution < -0.4 is 0 Å². The number of halogens is 1. The maximum atomic E-state index is 9.26. The third-order valence-electron chi connectivity index (χ3n) is 2.92. The number of benzene rings is 1. The highest BCUT2D eigenvalue weighted by molar-refractivity contribution is 6.30. The van der Waals surface area contributed by atoms with E-state index >= 15 is 0 Å². The molecule has 1 saturated carbocycles. The van der Waals surface area contributed by atoms with E-state index in [1.54, 1.807) is 12.1 Å². The van der Waals surface area contributed by atoms with Crippen molar-refractivity contribution in [1.29, 1.82) is 0 Å². The molecule has 3 rings (SSSR count). The Kier molecular flexibility index (Phi) is 2.65. The summed E-state index contributed by atoms with van der Waals surface area (Å²) in [5.74, 6) is 1.86. The second kappa shape index (κ2) is 4.17. The van der Waals surface area contributed by atoms with Gasteiger partial charge in [-0.1, -0.05) is 11.6 Å². The Balaban J connectivity index is 2.00. The van der Waals surface area contributed by atoms with Crippen LogP contribution >= 0.6 is 11.6 Å². The number of aliphatic hydroxyl groups is 1. The molecule has 0 radical (unpaired) electrons. The van der Waals surface area contributed by atoms with Gasteiger partial charge in [-0.3, -0.25) is 0 Å². The second-order valence-electron chi connectivity index (χ2n) is 4.27. The quantitative estimate of drug-likeness (QED) is 0.907. The molecule has 0 bridgehead atoms. The second-order valence-corrected chi connectivity index (χ2v) is 4.71. The van der Waals surface area contributed by atoms with Gasteiger partial charge >= 0.3 is 0 Å². The average Bonchev–Trinajstić information content (AvgIpc) is 3.10. The number of hydrogen-bond acceptors (Lipinski definition) is 3. The predicted molar refractivity (Wildman–Crippen MR) is 64.8 cm³/mol. The number of aliphatic hydroxyl groups excluding tert-OH is 1. The molecule has 3 nitrogen and oxygen atoms in total. The van der Waals surface area contributed by atoms with Gasteiger partial charge in [0.2, 0.25) is 5.89 Å². The smallest absolute Gasteiger partial charge is 0.226 e. The van der Waals surface area contributed by atoms with Crippen LogP contribution in [0.3, 0.4) is 0 Å². The van der Waals surface area contributed by atoms with Gasteiger partial charge in [0.1, 0.15) is 11.5 Å². The van der Waals surface area contributed by atoms with Gasteiger partial charge in [-0.15, -0.1) is 0 Å². The van der Waals surface area contributed by atoms with Crippen LogP contribution in [0.25, 0.3) is 11.5 Å². The van der Waals surface area contributed by atoms with Crippen LogP contribution in [0.1, 0.15) is 30.2 Å². The monoisotopic (exact) mass is 249 g/mol. The number of rotatable bonds is 3. The molecule has 17 heavy (non-hydrogen) atoms. The normalized spacial score (nSPS) is 15.2. The summed E-state index contributed by atoms with van der Waals surface area (Å²) in [6, 6.07) is 7.34. The first-order valence-corrected chi connectivity index (χ1v) is 6.02. The fourth-order valence-corrected chi connectivity index (χ4v) is 1.98. The Morgan fingerprint density at radius 2 is 2.00 bits per heavy atom. The highest BCUT2D eigenvalue weighted by atomic mass is 35.5. The third kappa shape index (κ3) is 2.08. The minimum Gasteiger partial charge on any atom is -0.440 e. The van der Waals surface area contributed by atoms with E-state index in [9.17, 15) is 5.11 Å². The Hall–Kier alpha value is -1.32. The molecule has 0 amide bonds. The van der Waals surface area contributed by atoms with Crippen molar-refractivity contribution in [2.24, 2.45) is 0 Å². The molecule has 0 atom stereocenters. The van der Waals surface area contributed by atoms with E-state index in [4.69, 9.17) is 16.0 Å². The van der Waals surface area contributed by atoms with Crippen molar-refractivity contribution in [2.45, 2.75) is 25.4 Å². The highest BCUT2D eigenvalue weighted by Gasteiger charge is 2.31. The van der Waals surface area contributed by atoms with Crippen LogP contribution in [0.15, 0.2) is 28.7 Å². The summed E-state index contributed by atoms with van der Waals surface area (Å²) >= 11 is 5.83. The Morgan fingerprint density at radius 3 is 2.59 bits per heavy atom. The van der Waals surface area contributed by atoms with Crippen LogP contribution in [-0.4, -0.2) is 10.1 Å². The topological polar surface area (TPSA) is 46.3 Å². The minimum atomic E-state index is -0.0665. The molecule has 88 valence electrons. The van der Waals surface area contributed by atoms with Gasteiger partial charge in [0.05, 0.1) is 6.61 Å². The minimum absolute atomic E-state index is 0.0665. The van der Waals surface area contributed by atoms with Crippen LogP contribution in [0.4, 0.5) is 0 Å². The van der Waals surface area contributed by atoms with Crippen molar-refractivity contribution in [1.82, 2.24) is 4.98 Å². The number of oxazole rings is 1. The first-order chi connectivity index (χ1) is 8.28. The summed E-state index contributed by atoms with van der Waals surface area (Å²) in [7, 11) is 0. The molecule has 1 aromatic heterocycles. The SMILES string of the molecule is OCc1nc(-c2ccc(Cl)cc2)oc1C1CC1. The average molecular weight is 250 g/mol. The van der Waals surface area contributed by atoms with Gasteiger partial charge in [0.25, 0.3) is 0 Å². The fourth-order valence-electron chi connectivity index (χ4n) is 1.86. The summed E-state index contributed by atoms with van der Waals surface area (Å²) in [4.78, 5) is 4.33. The molecule has 1 heterocycles. The van der Waals surface area contributed by atoms with Crippen molar-refractivity contribution in [2.75, 3.05) is 0 Å². The fraction of sp³-hybridized carbons (Fsp3) is 0.308. The number of hydrogen-bond donors (Lipinski definition) is 1. The summed E-state index contributed by atoms with van der Waals surface area (Å²) in [5, 5.41) is 9.94. The van der Waals surface area contributed by atoms with Gasteiger partial charge in [-0.2, -0.15) is 0 Å². The van der Waals surface area contributed by atoms with E-state index in [1.165, 1.54) is 0 Å². The van der Waals surface area contributed by atoms with E-state index < -0.39 is 0 Å². The van der Waals surface area contributed by atoms with E-state index in [1.807, 2.05) is 12.1 Å². The van der Waals surface area contributed by atoms with Crippen molar-refractivity contribution in [3.63, 3.8) is 0 Å². The zero-order valence-corrected chi connectivity index (χ0v) is 9.94. The van der Waals surface area contributed by atoms with E-state index in [0.29, 0.717) is 22.5 Å². The van der Waals surface area contributed by atoms with Gasteiger partial charge in [-0.25, -0.2) is 4.98 Å². The summed E-state index contributed by atoms with van der Waals surface area (Å²) < 4.78 is 5.74. The van der Waals surface area contributed by atoms with Crippen LogP contribution in [0.5, 0.6) is 0 Å². The lowest BCUT2D eigenvalue weighted by Crippen LogP contribution is -1.88. The zero-order chi connectivity index (χ0) is 11.8. The summed E-state index contributed by atoms with van der Waals surface area (Å²) in [6.07, 6.45) is 2.25. The molecule has 1 aliphatic rings. The van der Waals surface area contributed by atoms with E-state index in [0.717, 1.165) is 24.2 Å². The van der Waals surface area contributed by atoms with Crippen LogP contribution in [0, 0.1) is 0 Å². The zero-order valence-electron chi connectivity index (χ0n) is 9.19. The van der Waals surface area contributed by atoms with Crippen molar-refractivity contribution in [3.05, 3.63) is 40.7 Å². The molecule has 0 aliphatic heterocycles. The first kappa shape index (κ1) is 10.8. The molecule has 1 fully saturated rings. The van der Waals surface area contributed by atoms with Crippen molar-refractivity contribution in [3.8, 4) is 11.5 Å². The van der Waals surface area contributed by atoms with Crippen LogP contribution in [0.2, 0.25) is 5.02 Å². The largest absolute Gasteiger partial charge is 0.440 e. The van der Waals surface area contributed by atoms with Gasteiger partial charge in [0.15, 0.2) is 0 Å². The predicted octanol–water partition coefficient (Wildman–Crippen LogP) is 3.36. The lowest BCUT2D eigenvalue weighted by atomic mass is 10.2. The highest BCUT2D eigenvalue weighted by Crippen LogP contribution is 2.43. The molecule has 0 saturated heterocycles. The summed E-state index contributed by atoms with van der Waals surface area (Å²) in [6.45, 7) is -0.0665. The lowest BCUT2D eigenvalue weighted by molar-refractivity contribution is 0.274. The van der Waals surface area contributed by atoms with Gasteiger partial charge in [-0.05, 0) is 37.1 Å². The Labute approximate surface area is 104 Å². The Morgan fingerprint density at radius 1 is 1.29 bits per heavy atom. The van der Waals surface area contributed by atoms with Crippen LogP contribution in [-0.2, 0) is 6.61 Å². The number of nitrogens with zero attached hydrogens (tertiary/aromatic N) is 1. The molecular formula is C13H12ClNO2. The molecule has 0 spiro atoms. The standard InChI is InChI=1S/C13H12ClNO2/c14-10-5-3-9(4-6-10)13-15-11(7-16)12(17-13)8-1-2-8/h3-6,8,16H,1-2,7H2. The third-order valence-corrected chi connectivity index (χ3v) is 3.17. The molecule has 0 unspecified atom stereocenters. The molecule has 4 heteroatoms. The van der Waals surface area contributed by atoms with E-state index in [2.05, 4.69) is 4.98 Å². The molecular weight excluding hydrogens is 238 g/mol. The van der Waals surface area contributed by atoms with E-state index in [-0.39, 0.29) is 6.61 Å². The molecule has 1 aromatic carbocycles. The van der Waals surface area contributed by atoms with Crippen molar-refractivity contribution >= 4 is 11.6 Å². The Bertz CT molecular complexity index is 529. The molecule has 1 aliphatic carbocycles. The molecule has 2 aromatic rings. The van der Waals surface area contributed by atoms with Crippen molar-refractivity contribution < 1.29 is 9.52 Å². The van der Waals surface area contributed by atoms with Gasteiger partial charge < -0.3 is 9.52 Å². The maximum absolute atomic E-state index is 9.26. The molecule has 1 N–H and O–H groups in total.